The van der Waals surface area contributed by atoms with E-state index in [9.17, 15) is 9.59 Å². The second-order valence-corrected chi connectivity index (χ2v) is 8.72. The van der Waals surface area contributed by atoms with Gasteiger partial charge in [0.05, 0.1) is 23.2 Å². The molecule has 1 atom stereocenters. The molecule has 2 N–H and O–H groups in total. The van der Waals surface area contributed by atoms with Gasteiger partial charge in [-0.05, 0) is 12.8 Å². The first-order valence-electron chi connectivity index (χ1n) is 10.5. The van der Waals surface area contributed by atoms with Crippen molar-refractivity contribution in [3.8, 4) is 11.3 Å². The molecule has 2 amide bonds. The van der Waals surface area contributed by atoms with E-state index in [4.69, 9.17) is 0 Å². The van der Waals surface area contributed by atoms with Crippen LogP contribution in [-0.2, 0) is 16.0 Å². The van der Waals surface area contributed by atoms with Crippen molar-refractivity contribution >= 4 is 23.2 Å². The number of amides is 2. The summed E-state index contributed by atoms with van der Waals surface area (Å²) in [6.07, 6.45) is 5.65. The number of hydrogen-bond donors (Lipinski definition) is 2. The second-order valence-electron chi connectivity index (χ2n) is 7.78. The lowest BCUT2D eigenvalue weighted by Crippen LogP contribution is -2.59. The largest absolute Gasteiger partial charge is 0.356 e. The average Bonchev–Trinajstić information content (AvgIpc) is 3.42. The maximum atomic E-state index is 12.5. The van der Waals surface area contributed by atoms with Crippen LogP contribution in [0.1, 0.15) is 37.1 Å². The van der Waals surface area contributed by atoms with Crippen LogP contribution in [0.2, 0.25) is 0 Å². The molecule has 7 heteroatoms. The van der Waals surface area contributed by atoms with E-state index in [2.05, 4.69) is 25.9 Å². The molecule has 1 aromatic carbocycles. The summed E-state index contributed by atoms with van der Waals surface area (Å²) in [5.41, 5.74) is 2.08. The maximum Gasteiger partial charge on any atom is 0.237 e. The normalized spacial score (nSPS) is 20.6. The minimum atomic E-state index is -0.337. The van der Waals surface area contributed by atoms with Crippen LogP contribution in [0, 0.1) is 0 Å². The molecule has 154 valence electrons. The van der Waals surface area contributed by atoms with Crippen LogP contribution in [0.4, 0.5) is 0 Å². The number of carbonyl (C=O) groups is 2. The molecule has 1 aliphatic heterocycles. The summed E-state index contributed by atoms with van der Waals surface area (Å²) in [6, 6.07) is 10.2. The van der Waals surface area contributed by atoms with Crippen LogP contribution in [0.3, 0.4) is 0 Å². The van der Waals surface area contributed by atoms with Gasteiger partial charge in [0.1, 0.15) is 0 Å². The molecule has 6 nitrogen and oxygen atoms in total. The maximum absolute atomic E-state index is 12.5. The van der Waals surface area contributed by atoms with Crippen molar-refractivity contribution in [3.05, 3.63) is 40.7 Å². The third-order valence-electron chi connectivity index (χ3n) is 5.83. The van der Waals surface area contributed by atoms with Crippen molar-refractivity contribution in [2.75, 3.05) is 19.6 Å². The molecule has 2 aromatic rings. The third-order valence-corrected chi connectivity index (χ3v) is 6.74. The number of nitrogens with one attached hydrogen (secondary N) is 2. The van der Waals surface area contributed by atoms with Gasteiger partial charge in [-0.25, -0.2) is 4.98 Å². The molecule has 4 rings (SSSR count). The summed E-state index contributed by atoms with van der Waals surface area (Å²) in [5, 5.41) is 8.96. The van der Waals surface area contributed by atoms with Gasteiger partial charge in [0.15, 0.2) is 0 Å². The van der Waals surface area contributed by atoms with E-state index in [1.54, 1.807) is 11.3 Å². The number of piperazine rings is 1. The molecule has 2 fully saturated rings. The summed E-state index contributed by atoms with van der Waals surface area (Å²) in [7, 11) is 0. The zero-order valence-corrected chi connectivity index (χ0v) is 17.4. The minimum absolute atomic E-state index is 0.00859. The summed E-state index contributed by atoms with van der Waals surface area (Å²) in [6.45, 7) is 2.06. The smallest absolute Gasteiger partial charge is 0.237 e. The molecule has 2 aliphatic rings. The van der Waals surface area contributed by atoms with Crippen molar-refractivity contribution in [1.29, 1.82) is 0 Å². The SMILES string of the molecule is O=C(C[C@@H]1C(=O)NCCN1C1CCCC1)NCCc1nc(-c2ccccc2)cs1. The molecule has 1 saturated heterocycles. The van der Waals surface area contributed by atoms with Gasteiger partial charge in [-0.2, -0.15) is 0 Å². The lowest BCUT2D eigenvalue weighted by molar-refractivity contribution is -0.135. The van der Waals surface area contributed by atoms with E-state index in [1.807, 2.05) is 30.3 Å². The van der Waals surface area contributed by atoms with Crippen LogP contribution < -0.4 is 10.6 Å². The first-order chi connectivity index (χ1) is 14.2. The van der Waals surface area contributed by atoms with Gasteiger partial charge in [-0.1, -0.05) is 43.2 Å². The number of rotatable bonds is 7. The Labute approximate surface area is 175 Å². The first-order valence-corrected chi connectivity index (χ1v) is 11.4. The molecule has 29 heavy (non-hydrogen) atoms. The Kier molecular flexibility index (Phi) is 6.56. The van der Waals surface area contributed by atoms with E-state index in [1.165, 1.54) is 12.8 Å². The van der Waals surface area contributed by atoms with E-state index in [-0.39, 0.29) is 24.3 Å². The Balaban J connectivity index is 1.27. The Morgan fingerprint density at radius 1 is 1.24 bits per heavy atom. The fourth-order valence-corrected chi connectivity index (χ4v) is 5.15. The predicted octanol–water partition coefficient (Wildman–Crippen LogP) is 2.60. The average molecular weight is 413 g/mol. The number of aromatic nitrogens is 1. The number of carbonyl (C=O) groups excluding carboxylic acids is 2. The van der Waals surface area contributed by atoms with Crippen molar-refractivity contribution in [2.45, 2.75) is 50.6 Å². The van der Waals surface area contributed by atoms with E-state index < -0.39 is 0 Å². The molecule has 0 bridgehead atoms. The fraction of sp³-hybridized carbons (Fsp3) is 0.500. The van der Waals surface area contributed by atoms with E-state index in [0.717, 1.165) is 35.7 Å². The van der Waals surface area contributed by atoms with Gasteiger partial charge < -0.3 is 10.6 Å². The second kappa shape index (κ2) is 9.50. The van der Waals surface area contributed by atoms with Crippen molar-refractivity contribution < 1.29 is 9.59 Å². The van der Waals surface area contributed by atoms with Gasteiger partial charge in [0.2, 0.25) is 11.8 Å². The highest BCUT2D eigenvalue weighted by Crippen LogP contribution is 2.27. The zero-order chi connectivity index (χ0) is 20.1. The standard InChI is InChI=1S/C22H28N4O2S/c27-20(14-19-22(28)24-12-13-26(19)17-8-4-5-9-17)23-11-10-21-25-18(15-29-21)16-6-2-1-3-7-16/h1-3,6-7,15,17,19H,4-5,8-14H2,(H,23,27)(H,24,28)/t19-/m1/s1. The van der Waals surface area contributed by atoms with Crippen LogP contribution in [0.25, 0.3) is 11.3 Å². The minimum Gasteiger partial charge on any atom is -0.356 e. The Morgan fingerprint density at radius 2 is 2.03 bits per heavy atom. The Morgan fingerprint density at radius 3 is 2.83 bits per heavy atom. The number of nitrogens with zero attached hydrogens (tertiary/aromatic N) is 2. The van der Waals surface area contributed by atoms with E-state index in [0.29, 0.717) is 25.6 Å². The molecule has 0 radical (unpaired) electrons. The topological polar surface area (TPSA) is 74.3 Å². The molecule has 2 heterocycles. The highest BCUT2D eigenvalue weighted by atomic mass is 32.1. The van der Waals surface area contributed by atoms with Crippen molar-refractivity contribution in [2.24, 2.45) is 0 Å². The van der Waals surface area contributed by atoms with Crippen LogP contribution in [-0.4, -0.2) is 53.4 Å². The van der Waals surface area contributed by atoms with Crippen molar-refractivity contribution in [1.82, 2.24) is 20.5 Å². The third kappa shape index (κ3) is 5.03. The Hall–Kier alpha value is -2.25. The monoisotopic (exact) mass is 412 g/mol. The van der Waals surface area contributed by atoms with E-state index >= 15 is 0 Å². The highest BCUT2D eigenvalue weighted by molar-refractivity contribution is 7.09. The van der Waals surface area contributed by atoms with Gasteiger partial charge in [0, 0.05) is 43.0 Å². The molecular weight excluding hydrogens is 384 g/mol. The molecule has 1 saturated carbocycles. The lowest BCUT2D eigenvalue weighted by Gasteiger charge is -2.38. The van der Waals surface area contributed by atoms with Gasteiger partial charge >= 0.3 is 0 Å². The summed E-state index contributed by atoms with van der Waals surface area (Å²) < 4.78 is 0. The molecule has 1 aliphatic carbocycles. The van der Waals surface area contributed by atoms with Gasteiger partial charge in [-0.3, -0.25) is 14.5 Å². The fourth-order valence-electron chi connectivity index (χ4n) is 4.34. The summed E-state index contributed by atoms with van der Waals surface area (Å²) in [5.74, 6) is -0.0689. The summed E-state index contributed by atoms with van der Waals surface area (Å²) in [4.78, 5) is 31.8. The predicted molar refractivity (Wildman–Crippen MR) is 115 cm³/mol. The van der Waals surface area contributed by atoms with Gasteiger partial charge in [-0.15, -0.1) is 11.3 Å². The lowest BCUT2D eigenvalue weighted by atomic mass is 10.0. The first kappa shape index (κ1) is 20.0. The summed E-state index contributed by atoms with van der Waals surface area (Å²) >= 11 is 1.61. The number of thiazole rings is 1. The van der Waals surface area contributed by atoms with Crippen LogP contribution >= 0.6 is 11.3 Å². The van der Waals surface area contributed by atoms with Crippen LogP contribution in [0.15, 0.2) is 35.7 Å². The van der Waals surface area contributed by atoms with Gasteiger partial charge in [0.25, 0.3) is 0 Å². The quantitative estimate of drug-likeness (QED) is 0.733. The van der Waals surface area contributed by atoms with Crippen LogP contribution in [0.5, 0.6) is 0 Å². The molecule has 0 unspecified atom stereocenters. The molecule has 0 spiro atoms. The van der Waals surface area contributed by atoms with Crippen molar-refractivity contribution in [3.63, 3.8) is 0 Å². The zero-order valence-electron chi connectivity index (χ0n) is 16.6. The molecular formula is C22H28N4O2S. The number of benzene rings is 1. The number of hydrogen-bond acceptors (Lipinski definition) is 5. The molecule has 1 aromatic heterocycles. The highest BCUT2D eigenvalue weighted by Gasteiger charge is 2.36. The Bertz CT molecular complexity index is 832.